The number of hydrogen-bond donors (Lipinski definition) is 0. The van der Waals surface area contributed by atoms with Gasteiger partial charge in [0.15, 0.2) is 0 Å². The van der Waals surface area contributed by atoms with Crippen LogP contribution >= 0.6 is 32.5 Å². The Kier molecular flexibility index (Phi) is 10.9. The number of benzene rings is 2. The second kappa shape index (κ2) is 14.2. The predicted molar refractivity (Wildman–Crippen MR) is 188 cm³/mol. The van der Waals surface area contributed by atoms with Gasteiger partial charge in [-0.05, 0) is 0 Å². The summed E-state index contributed by atoms with van der Waals surface area (Å²) in [4.78, 5) is 0. The van der Waals surface area contributed by atoms with E-state index in [1.807, 2.05) is 0 Å². The summed E-state index contributed by atoms with van der Waals surface area (Å²) in [6.07, 6.45) is 27.7. The van der Waals surface area contributed by atoms with E-state index in [0.717, 1.165) is 22.6 Å². The zero-order valence-corrected chi connectivity index (χ0v) is 29.8. The molecule has 4 saturated carbocycles. The second-order valence-corrected chi connectivity index (χ2v) is 39.2. The molecule has 0 saturated heterocycles. The maximum atomic E-state index is 8.97. The molecular weight excluding hydrogens is 624 g/mol. The van der Waals surface area contributed by atoms with Gasteiger partial charge in [0, 0.05) is 0 Å². The van der Waals surface area contributed by atoms with Crippen molar-refractivity contribution >= 4 is 43.1 Å². The minimum absolute atomic E-state index is 0.750. The van der Waals surface area contributed by atoms with Crippen LogP contribution in [-0.4, -0.2) is 22.6 Å². The van der Waals surface area contributed by atoms with E-state index in [9.17, 15) is 0 Å². The Balaban J connectivity index is 1.67. The molecule has 0 amide bonds. The third kappa shape index (κ3) is 5.67. The normalized spacial score (nSPS) is 24.6. The van der Waals surface area contributed by atoms with Crippen LogP contribution in [0.2, 0.25) is 0 Å². The standard InChI is InChI=1S/2C18H27P.2ClH.Ni/c2*1-4-10-16(11-5-1)19(17-12-6-2-7-13-17)18-14-8-3-9-15-18;;;/h2*1,4-5,10-11,17-18H,2-3,6-9,12-15H2;2*1H;. The van der Waals surface area contributed by atoms with Gasteiger partial charge in [-0.3, -0.25) is 0 Å². The monoisotopic (exact) mass is 678 g/mol. The van der Waals surface area contributed by atoms with Gasteiger partial charge < -0.3 is 0 Å². The Bertz CT molecular complexity index is 948. The first-order valence-electron chi connectivity index (χ1n) is 17.3. The molecule has 0 radical (unpaired) electrons. The number of rotatable bonds is 8. The fraction of sp³-hybridized carbons (Fsp3) is 0.667. The molecule has 0 spiro atoms. The van der Waals surface area contributed by atoms with Gasteiger partial charge in [-0.2, -0.15) is 0 Å². The second-order valence-electron chi connectivity index (χ2n) is 13.9. The van der Waals surface area contributed by atoms with Crippen LogP contribution in [0.5, 0.6) is 0 Å². The molecule has 4 fully saturated rings. The summed E-state index contributed by atoms with van der Waals surface area (Å²) in [5.74, 6) is 0. The van der Waals surface area contributed by atoms with E-state index < -0.39 is 21.8 Å². The van der Waals surface area contributed by atoms with Gasteiger partial charge in [-0.15, -0.1) is 0 Å². The van der Waals surface area contributed by atoms with Crippen molar-refractivity contribution in [3.05, 3.63) is 60.7 Å². The zero-order chi connectivity index (χ0) is 28.2. The van der Waals surface area contributed by atoms with Crippen molar-refractivity contribution in [1.29, 1.82) is 0 Å². The zero-order valence-electron chi connectivity index (χ0n) is 25.3. The van der Waals surface area contributed by atoms with Crippen molar-refractivity contribution in [1.82, 2.24) is 0 Å². The average Bonchev–Trinajstić information content (AvgIpc) is 3.05. The van der Waals surface area contributed by atoms with Crippen LogP contribution in [0.4, 0.5) is 0 Å². The van der Waals surface area contributed by atoms with Gasteiger partial charge in [0.2, 0.25) is 0 Å². The third-order valence-electron chi connectivity index (χ3n) is 11.8. The van der Waals surface area contributed by atoms with Crippen LogP contribution < -0.4 is 10.6 Å². The molecule has 0 atom stereocenters. The first-order valence-corrected chi connectivity index (χ1v) is 26.9. The summed E-state index contributed by atoms with van der Waals surface area (Å²) in [7, 11) is 15.8. The SMILES string of the molecule is [Cl][Ni]([Cl])([PH](c1ccccc1)(C1CCCCC1)C1CCCCC1)[PH](c1ccccc1)(C1CCCCC1)C1CCCCC1. The van der Waals surface area contributed by atoms with E-state index in [1.54, 1.807) is 10.6 Å². The Morgan fingerprint density at radius 1 is 0.390 bits per heavy atom. The molecule has 5 heteroatoms. The molecule has 234 valence electrons. The van der Waals surface area contributed by atoms with Gasteiger partial charge in [-0.1, -0.05) is 0 Å². The van der Waals surface area contributed by atoms with Crippen LogP contribution in [0.25, 0.3) is 0 Å². The molecule has 2 aromatic carbocycles. The third-order valence-corrected chi connectivity index (χ3v) is 51.3. The van der Waals surface area contributed by atoms with Gasteiger partial charge in [0.1, 0.15) is 0 Å². The van der Waals surface area contributed by atoms with Crippen LogP contribution in [0.1, 0.15) is 128 Å². The van der Waals surface area contributed by atoms with E-state index in [1.165, 1.54) is 128 Å². The summed E-state index contributed by atoms with van der Waals surface area (Å²) in [6, 6.07) is 19.3. The molecule has 0 aromatic heterocycles. The first kappa shape index (κ1) is 31.4. The molecule has 0 aliphatic heterocycles. The van der Waals surface area contributed by atoms with Gasteiger partial charge in [0.25, 0.3) is 0 Å². The van der Waals surface area contributed by atoms with Crippen molar-refractivity contribution in [2.75, 3.05) is 0 Å². The molecule has 2 aromatic rings. The van der Waals surface area contributed by atoms with Crippen molar-refractivity contribution in [2.24, 2.45) is 0 Å². The van der Waals surface area contributed by atoms with E-state index in [0.29, 0.717) is 0 Å². The quantitative estimate of drug-likeness (QED) is 0.192. The summed E-state index contributed by atoms with van der Waals surface area (Å²) in [5, 5.41) is 3.34. The Morgan fingerprint density at radius 3 is 0.878 bits per heavy atom. The molecule has 4 aliphatic carbocycles. The molecule has 0 unspecified atom stereocenters. The van der Waals surface area contributed by atoms with E-state index in [-0.39, 0.29) is 0 Å². The predicted octanol–water partition coefficient (Wildman–Crippen LogP) is 11.8. The molecule has 4 aliphatic rings. The van der Waals surface area contributed by atoms with Crippen LogP contribution in [0.15, 0.2) is 60.7 Å². The number of hydrogen-bond acceptors (Lipinski definition) is 0. The number of halogens is 2. The van der Waals surface area contributed by atoms with Crippen LogP contribution in [-0.2, 0) is 9.74 Å². The minimum atomic E-state index is -2.40. The van der Waals surface area contributed by atoms with Crippen molar-refractivity contribution in [3.8, 4) is 0 Å². The Labute approximate surface area is 263 Å². The van der Waals surface area contributed by atoms with Crippen molar-refractivity contribution in [2.45, 2.75) is 151 Å². The average molecular weight is 680 g/mol. The van der Waals surface area contributed by atoms with E-state index in [2.05, 4.69) is 60.7 Å². The molecular formula is C36H56Cl2NiP2. The fourth-order valence-corrected chi connectivity index (χ4v) is 63.4. The molecule has 0 nitrogen and oxygen atoms in total. The van der Waals surface area contributed by atoms with Gasteiger partial charge in [0.05, 0.1) is 0 Å². The Morgan fingerprint density at radius 2 is 0.634 bits per heavy atom. The first-order chi connectivity index (χ1) is 20.1. The van der Waals surface area contributed by atoms with Gasteiger partial charge in [-0.25, -0.2) is 0 Å². The summed E-state index contributed by atoms with van der Waals surface area (Å²) in [5.41, 5.74) is 3.00. The Hall–Kier alpha value is 0.374. The van der Waals surface area contributed by atoms with Crippen LogP contribution in [0.3, 0.4) is 0 Å². The van der Waals surface area contributed by atoms with Gasteiger partial charge >= 0.3 is 265 Å². The summed E-state index contributed by atoms with van der Waals surface area (Å²) >= 11 is 0. The molecule has 0 bridgehead atoms. The fourth-order valence-electron chi connectivity index (χ4n) is 10.1. The van der Waals surface area contributed by atoms with E-state index in [4.69, 9.17) is 20.4 Å². The molecule has 0 heterocycles. The van der Waals surface area contributed by atoms with E-state index >= 15 is 0 Å². The molecule has 0 N–H and O–H groups in total. The maximum absolute atomic E-state index is 8.97. The molecule has 41 heavy (non-hydrogen) atoms. The summed E-state index contributed by atoms with van der Waals surface area (Å²) < 4.78 is 0. The summed E-state index contributed by atoms with van der Waals surface area (Å²) in [6.45, 7) is 0. The molecule has 6 rings (SSSR count). The van der Waals surface area contributed by atoms with Crippen LogP contribution in [0, 0.1) is 0 Å². The topological polar surface area (TPSA) is 0 Å². The van der Waals surface area contributed by atoms with Crippen molar-refractivity contribution < 1.29 is 9.74 Å². The van der Waals surface area contributed by atoms with Crippen molar-refractivity contribution in [3.63, 3.8) is 0 Å².